The molecule has 2 heterocycles. The lowest BCUT2D eigenvalue weighted by molar-refractivity contribution is 0.398. The average molecular weight is 545 g/mol. The third-order valence-corrected chi connectivity index (χ3v) is 7.19. The fraction of sp³-hybridized carbons (Fsp3) is 0.0909. The lowest BCUT2D eigenvalue weighted by atomic mass is 10.3. The molecule has 6 N–H and O–H groups in total. The summed E-state index contributed by atoms with van der Waals surface area (Å²) < 4.78 is 57.7. The molecule has 0 amide bonds. The van der Waals surface area contributed by atoms with Crippen LogP contribution in [-0.2, 0) is 20.0 Å². The standard InChI is InChI=1S/C11H12N4O3S.C11H12N4O2S/c1-18-11-10(13-6-7-14-11)15-19(16,17)9-4-2-8(12)3-5-9;1-8-6-7-13-11(14-8)15-18(16,17)10-4-2-9(12)3-5-10/h2-7H,12H2,1H3,(H,13,15);2-7H,12H2,1H3,(H,13,14,15). The van der Waals surface area contributed by atoms with Crippen LogP contribution in [0.5, 0.6) is 5.88 Å². The van der Waals surface area contributed by atoms with Crippen LogP contribution in [0, 0.1) is 6.92 Å². The van der Waals surface area contributed by atoms with Gasteiger partial charge in [0.25, 0.3) is 25.9 Å². The number of aromatic nitrogens is 4. The zero-order valence-electron chi connectivity index (χ0n) is 19.7. The van der Waals surface area contributed by atoms with E-state index in [9.17, 15) is 16.8 Å². The number of aryl methyl sites for hydroxylation is 1. The second-order valence-electron chi connectivity index (χ2n) is 7.28. The molecule has 0 unspecified atom stereocenters. The Labute approximate surface area is 214 Å². The van der Waals surface area contributed by atoms with Gasteiger partial charge in [-0.2, -0.15) is 0 Å². The van der Waals surface area contributed by atoms with Crippen molar-refractivity contribution in [2.24, 2.45) is 0 Å². The second-order valence-corrected chi connectivity index (χ2v) is 10.6. The van der Waals surface area contributed by atoms with E-state index in [1.807, 2.05) is 0 Å². The lowest BCUT2D eigenvalue weighted by Gasteiger charge is -2.09. The summed E-state index contributed by atoms with van der Waals surface area (Å²) in [5.41, 5.74) is 12.7. The van der Waals surface area contributed by atoms with Crippen molar-refractivity contribution >= 4 is 43.2 Å². The van der Waals surface area contributed by atoms with Crippen LogP contribution in [0.4, 0.5) is 23.1 Å². The number of nitrogens with zero attached hydrogens (tertiary/aromatic N) is 4. The molecule has 4 rings (SSSR count). The summed E-state index contributed by atoms with van der Waals surface area (Å²) in [5.74, 6) is 0.176. The highest BCUT2D eigenvalue weighted by Gasteiger charge is 2.18. The molecule has 15 heteroatoms. The summed E-state index contributed by atoms with van der Waals surface area (Å²) in [5, 5.41) is 0. The van der Waals surface area contributed by atoms with Gasteiger partial charge < -0.3 is 16.2 Å². The molecule has 2 aromatic heterocycles. The number of benzene rings is 2. The highest BCUT2D eigenvalue weighted by molar-refractivity contribution is 7.93. The number of hydrogen-bond donors (Lipinski definition) is 4. The van der Waals surface area contributed by atoms with E-state index in [1.54, 1.807) is 13.0 Å². The molecule has 0 radical (unpaired) electrons. The van der Waals surface area contributed by atoms with Gasteiger partial charge in [-0.15, -0.1) is 0 Å². The van der Waals surface area contributed by atoms with Crippen LogP contribution in [0.2, 0.25) is 0 Å². The van der Waals surface area contributed by atoms with Crippen LogP contribution in [0.15, 0.2) is 83.0 Å². The van der Waals surface area contributed by atoms with Crippen LogP contribution in [0.3, 0.4) is 0 Å². The van der Waals surface area contributed by atoms with Crippen molar-refractivity contribution in [3.63, 3.8) is 0 Å². The molecule has 0 atom stereocenters. The Balaban J connectivity index is 0.000000206. The molecule has 13 nitrogen and oxygen atoms in total. The summed E-state index contributed by atoms with van der Waals surface area (Å²) in [6.45, 7) is 1.75. The Bertz CT molecular complexity index is 1560. The number of anilines is 4. The fourth-order valence-corrected chi connectivity index (χ4v) is 4.66. The van der Waals surface area contributed by atoms with Gasteiger partial charge in [0, 0.05) is 35.7 Å². The van der Waals surface area contributed by atoms with E-state index in [0.717, 1.165) is 0 Å². The van der Waals surface area contributed by atoms with Crippen LogP contribution >= 0.6 is 0 Å². The van der Waals surface area contributed by atoms with Crippen molar-refractivity contribution in [1.29, 1.82) is 0 Å². The van der Waals surface area contributed by atoms with Crippen molar-refractivity contribution in [1.82, 2.24) is 19.9 Å². The number of nitrogens with two attached hydrogens (primary N) is 2. The van der Waals surface area contributed by atoms with Gasteiger partial charge in [-0.3, -0.25) is 4.72 Å². The molecule has 0 saturated heterocycles. The van der Waals surface area contributed by atoms with Crippen LogP contribution in [0.25, 0.3) is 0 Å². The molecule has 4 aromatic rings. The molecule has 0 spiro atoms. The van der Waals surface area contributed by atoms with Gasteiger partial charge in [0.15, 0.2) is 0 Å². The molecule has 37 heavy (non-hydrogen) atoms. The van der Waals surface area contributed by atoms with Gasteiger partial charge in [-0.1, -0.05) is 0 Å². The SMILES string of the molecule is COc1nccnc1NS(=O)(=O)c1ccc(N)cc1.Cc1ccnc(NS(=O)(=O)c2ccc(N)cc2)n1. The van der Waals surface area contributed by atoms with Gasteiger partial charge in [-0.25, -0.2) is 41.5 Å². The Kier molecular flexibility index (Phi) is 8.41. The molecule has 194 valence electrons. The Hall–Kier alpha value is -4.50. The van der Waals surface area contributed by atoms with E-state index in [4.69, 9.17) is 16.2 Å². The van der Waals surface area contributed by atoms with E-state index in [1.165, 1.54) is 74.2 Å². The first-order valence-electron chi connectivity index (χ1n) is 10.4. The summed E-state index contributed by atoms with van der Waals surface area (Å²) >= 11 is 0. The van der Waals surface area contributed by atoms with Crippen LogP contribution in [0.1, 0.15) is 5.69 Å². The fourth-order valence-electron chi connectivity index (χ4n) is 2.70. The quantitative estimate of drug-likeness (QED) is 0.248. The largest absolute Gasteiger partial charge is 0.478 e. The molecule has 0 bridgehead atoms. The number of rotatable bonds is 7. The average Bonchev–Trinajstić information content (AvgIpc) is 2.85. The lowest BCUT2D eigenvalue weighted by Crippen LogP contribution is -2.15. The van der Waals surface area contributed by atoms with Crippen LogP contribution < -0.4 is 25.6 Å². The van der Waals surface area contributed by atoms with Crippen molar-refractivity contribution in [2.45, 2.75) is 16.7 Å². The maximum absolute atomic E-state index is 12.1. The Morgan fingerprint density at radius 2 is 1.22 bits per heavy atom. The van der Waals surface area contributed by atoms with Gasteiger partial charge in [-0.05, 0) is 61.5 Å². The summed E-state index contributed by atoms with van der Waals surface area (Å²) in [6, 6.07) is 13.4. The van der Waals surface area contributed by atoms with E-state index in [2.05, 4.69) is 29.4 Å². The third-order valence-electron chi connectivity index (χ3n) is 4.49. The van der Waals surface area contributed by atoms with Crippen LogP contribution in [-0.4, -0.2) is 43.9 Å². The number of hydrogen-bond acceptors (Lipinski definition) is 11. The van der Waals surface area contributed by atoms with E-state index in [0.29, 0.717) is 17.1 Å². The van der Waals surface area contributed by atoms with Crippen molar-refractivity contribution in [3.05, 3.63) is 78.9 Å². The van der Waals surface area contributed by atoms with E-state index >= 15 is 0 Å². The Morgan fingerprint density at radius 1 is 0.703 bits per heavy atom. The molecular formula is C22H24N8O5S2. The maximum Gasteiger partial charge on any atom is 0.264 e. The molecule has 0 aliphatic rings. The molecule has 0 aliphatic heterocycles. The van der Waals surface area contributed by atoms with Gasteiger partial charge in [0.2, 0.25) is 11.8 Å². The molecule has 0 saturated carbocycles. The summed E-state index contributed by atoms with van der Waals surface area (Å²) in [6.07, 6.45) is 4.26. The smallest absolute Gasteiger partial charge is 0.264 e. The van der Waals surface area contributed by atoms with Crippen molar-refractivity contribution in [2.75, 3.05) is 28.0 Å². The molecular weight excluding hydrogens is 520 g/mol. The predicted molar refractivity (Wildman–Crippen MR) is 139 cm³/mol. The number of sulfonamides is 2. The van der Waals surface area contributed by atoms with Gasteiger partial charge in [0.1, 0.15) is 0 Å². The minimum atomic E-state index is -3.75. The van der Waals surface area contributed by atoms with Gasteiger partial charge >= 0.3 is 0 Å². The topological polar surface area (TPSA) is 205 Å². The maximum atomic E-state index is 12.1. The molecule has 0 aliphatic carbocycles. The molecule has 0 fully saturated rings. The predicted octanol–water partition coefficient (Wildman–Crippen LogP) is 2.04. The number of nitrogens with one attached hydrogen (secondary N) is 2. The number of methoxy groups -OCH3 is 1. The monoisotopic (exact) mass is 544 g/mol. The summed E-state index contributed by atoms with van der Waals surface area (Å²) in [7, 11) is -6.05. The zero-order valence-corrected chi connectivity index (χ0v) is 21.4. The van der Waals surface area contributed by atoms with E-state index in [-0.39, 0.29) is 27.4 Å². The van der Waals surface area contributed by atoms with E-state index < -0.39 is 20.0 Å². The Morgan fingerprint density at radius 3 is 1.73 bits per heavy atom. The number of ether oxygens (including phenoxy) is 1. The third kappa shape index (κ3) is 7.49. The van der Waals surface area contributed by atoms with Gasteiger partial charge in [0.05, 0.1) is 16.9 Å². The van der Waals surface area contributed by atoms with Crippen molar-refractivity contribution < 1.29 is 21.6 Å². The first kappa shape index (κ1) is 27.1. The van der Waals surface area contributed by atoms with Crippen molar-refractivity contribution in [3.8, 4) is 5.88 Å². The molecule has 2 aromatic carbocycles. The normalized spacial score (nSPS) is 11.1. The zero-order chi connectivity index (χ0) is 27.1. The first-order valence-corrected chi connectivity index (χ1v) is 13.4. The minimum Gasteiger partial charge on any atom is -0.478 e. The highest BCUT2D eigenvalue weighted by Crippen LogP contribution is 2.21. The minimum absolute atomic E-state index is 0.0295. The highest BCUT2D eigenvalue weighted by atomic mass is 32.2. The number of nitrogen functional groups attached to an aromatic ring is 2. The second kappa shape index (κ2) is 11.5. The summed E-state index contributed by atoms with van der Waals surface area (Å²) in [4.78, 5) is 15.7. The first-order chi connectivity index (χ1) is 17.5.